The smallest absolute Gasteiger partial charge is 0.375 e. The van der Waals surface area contributed by atoms with Crippen LogP contribution in [0.15, 0.2) is 79.3 Å². The molecular formula is C34H27Cl2F7N6O3. The van der Waals surface area contributed by atoms with Gasteiger partial charge in [0.05, 0.1) is 11.6 Å². The lowest BCUT2D eigenvalue weighted by molar-refractivity contribution is -0.141. The highest BCUT2D eigenvalue weighted by atomic mass is 35.5. The topological polar surface area (TPSA) is 111 Å². The average Bonchev–Trinajstić information content (AvgIpc) is 3.48. The van der Waals surface area contributed by atoms with Gasteiger partial charge in [-0.15, -0.1) is 0 Å². The molecule has 0 bridgehead atoms. The molecule has 5 rings (SSSR count). The van der Waals surface area contributed by atoms with E-state index in [1.165, 1.54) is 55.4 Å². The van der Waals surface area contributed by atoms with Crippen LogP contribution in [-0.4, -0.2) is 44.7 Å². The largest absolute Gasteiger partial charge is 0.435 e. The number of halogens is 9. The molecule has 0 aliphatic carbocycles. The van der Waals surface area contributed by atoms with Crippen LogP contribution in [0, 0.1) is 11.6 Å². The van der Waals surface area contributed by atoms with Gasteiger partial charge >= 0.3 is 6.18 Å². The van der Waals surface area contributed by atoms with Crippen molar-refractivity contribution >= 4 is 40.7 Å². The lowest BCUT2D eigenvalue weighted by atomic mass is 10.0. The van der Waals surface area contributed by atoms with E-state index < -0.39 is 65.3 Å². The first-order valence-electron chi connectivity index (χ1n) is 14.9. The van der Waals surface area contributed by atoms with Gasteiger partial charge in [0.1, 0.15) is 23.4 Å². The maximum absolute atomic E-state index is 14.1. The summed E-state index contributed by atoms with van der Waals surface area (Å²) in [7, 11) is 2.93. The molecule has 3 aromatic carbocycles. The molecular weight excluding hydrogens is 744 g/mol. The van der Waals surface area contributed by atoms with Gasteiger partial charge in [0.15, 0.2) is 11.4 Å². The highest BCUT2D eigenvalue weighted by Gasteiger charge is 2.38. The zero-order chi connectivity index (χ0) is 38.3. The van der Waals surface area contributed by atoms with Crippen LogP contribution < -0.4 is 10.6 Å². The highest BCUT2D eigenvalue weighted by molar-refractivity contribution is 6.35. The summed E-state index contributed by atoms with van der Waals surface area (Å²) in [6.45, 7) is 1.69. The minimum Gasteiger partial charge on any atom is -0.375 e. The monoisotopic (exact) mass is 770 g/mol. The van der Waals surface area contributed by atoms with Crippen molar-refractivity contribution in [2.75, 3.05) is 12.4 Å². The van der Waals surface area contributed by atoms with Crippen molar-refractivity contribution in [3.8, 4) is 11.1 Å². The molecule has 2 amide bonds. The summed E-state index contributed by atoms with van der Waals surface area (Å²) >= 11 is 12.1. The van der Waals surface area contributed by atoms with Crippen molar-refractivity contribution in [1.29, 1.82) is 0 Å². The summed E-state index contributed by atoms with van der Waals surface area (Å²) in [6.07, 6.45) is -5.28. The zero-order valence-electron chi connectivity index (χ0n) is 27.2. The summed E-state index contributed by atoms with van der Waals surface area (Å²) in [5, 5.41) is 9.41. The molecule has 2 atom stereocenters. The first kappa shape index (κ1) is 39.7. The first-order chi connectivity index (χ1) is 24.5. The summed E-state index contributed by atoms with van der Waals surface area (Å²) in [5.41, 5.74) is -2.30. The molecule has 0 radical (unpaired) electrons. The number of methoxy groups -OCH3 is 1. The van der Waals surface area contributed by atoms with Crippen LogP contribution >= 0.6 is 23.2 Å². The third kappa shape index (κ3) is 9.63. The third-order valence-corrected chi connectivity index (χ3v) is 7.79. The summed E-state index contributed by atoms with van der Waals surface area (Å²) in [6, 6.07) is 13.1. The molecule has 2 aromatic heterocycles. The molecule has 0 spiro atoms. The normalized spacial score (nSPS) is 12.5. The van der Waals surface area contributed by atoms with Crippen molar-refractivity contribution in [2.24, 2.45) is 7.05 Å². The van der Waals surface area contributed by atoms with E-state index in [9.17, 15) is 40.3 Å². The van der Waals surface area contributed by atoms with Gasteiger partial charge in [-0.25, -0.2) is 27.5 Å². The molecule has 52 heavy (non-hydrogen) atoms. The number of hydrogen-bond acceptors (Lipinski definition) is 6. The van der Waals surface area contributed by atoms with Gasteiger partial charge in [-0.1, -0.05) is 47.5 Å². The second kappa shape index (κ2) is 17.0. The van der Waals surface area contributed by atoms with E-state index in [1.807, 2.05) is 0 Å². The molecule has 0 saturated heterocycles. The van der Waals surface area contributed by atoms with Crippen molar-refractivity contribution in [2.45, 2.75) is 31.7 Å². The first-order valence-corrected chi connectivity index (χ1v) is 15.6. The summed E-state index contributed by atoms with van der Waals surface area (Å²) < 4.78 is 98.9. The molecule has 18 heteroatoms. The molecule has 0 fully saturated rings. The number of aromatic nitrogens is 4. The number of alkyl halides is 5. The predicted molar refractivity (Wildman–Crippen MR) is 178 cm³/mol. The van der Waals surface area contributed by atoms with Gasteiger partial charge < -0.3 is 15.4 Å². The predicted octanol–water partition coefficient (Wildman–Crippen LogP) is 8.86. The van der Waals surface area contributed by atoms with E-state index in [0.29, 0.717) is 21.7 Å². The number of carbonyl (C=O) groups is 2. The number of benzene rings is 3. The van der Waals surface area contributed by atoms with Crippen LogP contribution in [0.5, 0.6) is 0 Å². The molecule has 2 unspecified atom stereocenters. The summed E-state index contributed by atoms with van der Waals surface area (Å²) in [4.78, 5) is 31.3. The number of nitrogens with zero attached hydrogens (tertiary/aromatic N) is 4. The van der Waals surface area contributed by atoms with Gasteiger partial charge in [0, 0.05) is 71.2 Å². The molecule has 2 N–H and O–H groups in total. The molecule has 0 saturated carbocycles. The molecule has 2 heterocycles. The Hall–Kier alpha value is -5.06. The van der Waals surface area contributed by atoms with E-state index in [1.54, 1.807) is 25.1 Å². The number of carbonyl (C=O) groups excluding carboxylic acids is 2. The zero-order valence-corrected chi connectivity index (χ0v) is 28.7. The molecule has 0 aliphatic heterocycles. The van der Waals surface area contributed by atoms with Crippen LogP contribution in [0.3, 0.4) is 0 Å². The highest BCUT2D eigenvalue weighted by Crippen LogP contribution is 2.33. The Kier molecular flexibility index (Phi) is 13.0. The Bertz CT molecular complexity index is 2060. The van der Waals surface area contributed by atoms with Gasteiger partial charge in [-0.3, -0.25) is 14.3 Å². The van der Waals surface area contributed by atoms with E-state index in [4.69, 9.17) is 27.9 Å². The minimum absolute atomic E-state index is 0.0255. The summed E-state index contributed by atoms with van der Waals surface area (Å²) in [5.74, 6) is -3.49. The number of amides is 2. The Labute approximate surface area is 301 Å². The third-order valence-electron chi connectivity index (χ3n) is 7.22. The van der Waals surface area contributed by atoms with Crippen LogP contribution in [0.1, 0.15) is 57.3 Å². The lowest BCUT2D eigenvalue weighted by Crippen LogP contribution is -2.38. The van der Waals surface area contributed by atoms with Crippen LogP contribution in [0.4, 0.5) is 36.4 Å². The van der Waals surface area contributed by atoms with Crippen molar-refractivity contribution in [3.63, 3.8) is 0 Å². The van der Waals surface area contributed by atoms with E-state index in [-0.39, 0.29) is 22.4 Å². The molecule has 274 valence electrons. The quantitative estimate of drug-likeness (QED) is 0.145. The van der Waals surface area contributed by atoms with Gasteiger partial charge in [0.2, 0.25) is 0 Å². The van der Waals surface area contributed by atoms with Crippen molar-refractivity contribution in [1.82, 2.24) is 25.1 Å². The van der Waals surface area contributed by atoms with Crippen LogP contribution in [-0.2, 0) is 18.0 Å². The number of anilines is 1. The maximum Gasteiger partial charge on any atom is 0.435 e. The average molecular weight is 772 g/mol. The molecule has 0 aliphatic rings. The van der Waals surface area contributed by atoms with Crippen molar-refractivity contribution in [3.05, 3.63) is 129 Å². The standard InChI is InChI=1S/C18H10F5N3O.C16H17Cl2F2N3O2/c19-10-5-6-11(13(20)9-10)12-3-1-2-4-14(12)26-17(27)15-16(18(21,22)23)25-8-7-24-15;1-8(14(25-3)10-5-4-9(17)6-12(10)18)21-16(24)11-7-23(2)22-13(11)15(19)20/h1-9H,(H,26,27);4-8,14-15H,1-3H3,(H,21,24). The Morgan fingerprint density at radius 3 is 2.25 bits per heavy atom. The molecule has 9 nitrogen and oxygen atoms in total. The van der Waals surface area contributed by atoms with E-state index in [0.717, 1.165) is 18.5 Å². The number of para-hydroxylation sites is 1. The van der Waals surface area contributed by atoms with Crippen LogP contribution in [0.25, 0.3) is 11.1 Å². The number of hydrogen-bond donors (Lipinski definition) is 2. The van der Waals surface area contributed by atoms with Crippen molar-refractivity contribution < 1.29 is 45.1 Å². The van der Waals surface area contributed by atoms with Gasteiger partial charge in [-0.05, 0) is 37.3 Å². The Morgan fingerprint density at radius 1 is 0.923 bits per heavy atom. The number of aryl methyl sites for hydroxylation is 1. The van der Waals surface area contributed by atoms with Crippen LogP contribution in [0.2, 0.25) is 10.0 Å². The fourth-order valence-corrected chi connectivity index (χ4v) is 5.48. The van der Waals surface area contributed by atoms with E-state index in [2.05, 4.69) is 25.7 Å². The van der Waals surface area contributed by atoms with Gasteiger partial charge in [0.25, 0.3) is 18.2 Å². The second-order valence-corrected chi connectivity index (χ2v) is 11.7. The second-order valence-electron chi connectivity index (χ2n) is 10.9. The fourth-order valence-electron chi connectivity index (χ4n) is 4.96. The number of rotatable bonds is 9. The van der Waals surface area contributed by atoms with E-state index >= 15 is 0 Å². The number of nitrogens with one attached hydrogen (secondary N) is 2. The minimum atomic E-state index is -4.87. The Morgan fingerprint density at radius 2 is 1.62 bits per heavy atom. The Balaban J connectivity index is 0.000000234. The fraction of sp³-hybridized carbons (Fsp3) is 0.206. The van der Waals surface area contributed by atoms with Gasteiger partial charge in [-0.2, -0.15) is 18.3 Å². The molecule has 5 aromatic rings. The number of ether oxygens (including phenoxy) is 1. The maximum atomic E-state index is 14.1. The SMILES string of the molecule is COC(c1ccc(Cl)cc1Cl)C(C)NC(=O)c1cn(C)nc1C(F)F.O=C(Nc1ccccc1-c1ccc(F)cc1F)c1nccnc1C(F)(F)F. The lowest BCUT2D eigenvalue weighted by Gasteiger charge is -2.25.